The van der Waals surface area contributed by atoms with Crippen LogP contribution in [-0.2, 0) is 14.8 Å². The van der Waals surface area contributed by atoms with Crippen molar-refractivity contribution in [1.82, 2.24) is 24.3 Å². The van der Waals surface area contributed by atoms with E-state index in [0.29, 0.717) is 56.2 Å². The van der Waals surface area contributed by atoms with Gasteiger partial charge in [0.25, 0.3) is 6.43 Å². The topological polar surface area (TPSA) is 126 Å². The van der Waals surface area contributed by atoms with Crippen LogP contribution in [0.1, 0.15) is 30.7 Å². The van der Waals surface area contributed by atoms with E-state index in [1.165, 1.54) is 12.4 Å². The number of rotatable bonds is 6. The summed E-state index contributed by atoms with van der Waals surface area (Å²) in [5.74, 6) is 0. The summed E-state index contributed by atoms with van der Waals surface area (Å²) in [5.41, 5.74) is 0.418. The number of ether oxygens (including phenoxy) is 1. The summed E-state index contributed by atoms with van der Waals surface area (Å²) < 4.78 is 62.2. The Morgan fingerprint density at radius 3 is 2.65 bits per heavy atom. The number of sulfonamides is 1. The third-order valence-corrected chi connectivity index (χ3v) is 9.06. The highest BCUT2D eigenvalue weighted by Crippen LogP contribution is 2.42. The number of fused-ring (bicyclic) bond motifs is 1. The van der Waals surface area contributed by atoms with Crippen LogP contribution in [0.15, 0.2) is 23.4 Å². The van der Waals surface area contributed by atoms with Crippen molar-refractivity contribution in [2.45, 2.75) is 36.1 Å². The van der Waals surface area contributed by atoms with E-state index in [2.05, 4.69) is 24.8 Å². The van der Waals surface area contributed by atoms with Crippen LogP contribution in [0.25, 0.3) is 16.3 Å². The van der Waals surface area contributed by atoms with E-state index < -0.39 is 27.0 Å². The largest absolute Gasteiger partial charge is 0.380 e. The fraction of sp³-hybridized carbons (Fsp3) is 0.500. The molecule has 178 valence electrons. The van der Waals surface area contributed by atoms with Gasteiger partial charge in [-0.05, 0) is 25.3 Å². The van der Waals surface area contributed by atoms with E-state index in [0.717, 1.165) is 17.8 Å². The first kappa shape index (κ1) is 21.8. The van der Waals surface area contributed by atoms with Crippen LogP contribution in [0, 0.1) is 16.7 Å². The van der Waals surface area contributed by atoms with Gasteiger partial charge in [0, 0.05) is 24.7 Å². The molecule has 2 aliphatic heterocycles. The lowest BCUT2D eigenvalue weighted by molar-refractivity contribution is -0.0985. The quantitative estimate of drug-likeness (QED) is 0.539. The van der Waals surface area contributed by atoms with Crippen molar-refractivity contribution in [1.29, 1.82) is 5.26 Å². The number of nitrogens with zero attached hydrogens (tertiary/aromatic N) is 6. The molecule has 5 heterocycles. The number of nitriles is 1. The summed E-state index contributed by atoms with van der Waals surface area (Å²) in [6.07, 6.45) is 1.92. The highest BCUT2D eigenvalue weighted by Gasteiger charge is 2.48. The van der Waals surface area contributed by atoms with Gasteiger partial charge in [0.2, 0.25) is 10.0 Å². The van der Waals surface area contributed by atoms with Crippen LogP contribution in [0.2, 0.25) is 0 Å². The maximum Gasteiger partial charge on any atom is 0.291 e. The van der Waals surface area contributed by atoms with Crippen LogP contribution < -0.4 is 9.62 Å². The zero-order valence-electron chi connectivity index (χ0n) is 17.7. The monoisotopic (exact) mass is 507 g/mol. The molecule has 0 unspecified atom stereocenters. The van der Waals surface area contributed by atoms with E-state index in [9.17, 15) is 22.5 Å². The predicted molar refractivity (Wildman–Crippen MR) is 117 cm³/mol. The number of anilines is 1. The first-order chi connectivity index (χ1) is 16.2. The van der Waals surface area contributed by atoms with E-state index in [4.69, 9.17) is 4.74 Å². The molecule has 0 amide bonds. The number of nitrogens with one attached hydrogen (secondary N) is 1. The predicted octanol–water partition coefficient (Wildman–Crippen LogP) is 2.35. The summed E-state index contributed by atoms with van der Waals surface area (Å²) in [7, 11) is -4.04. The van der Waals surface area contributed by atoms with Gasteiger partial charge in [-0.25, -0.2) is 22.2 Å². The molecule has 3 aliphatic rings. The van der Waals surface area contributed by atoms with Crippen molar-refractivity contribution in [2.75, 3.05) is 31.2 Å². The minimum atomic E-state index is -4.04. The highest BCUT2D eigenvalue weighted by atomic mass is 32.2. The molecule has 2 saturated heterocycles. The van der Waals surface area contributed by atoms with Gasteiger partial charge in [-0.1, -0.05) is 11.3 Å². The van der Waals surface area contributed by atoms with Gasteiger partial charge in [0.15, 0.2) is 15.7 Å². The van der Waals surface area contributed by atoms with Gasteiger partial charge in [0.1, 0.15) is 16.1 Å². The molecule has 34 heavy (non-hydrogen) atoms. The Kier molecular flexibility index (Phi) is 4.73. The summed E-state index contributed by atoms with van der Waals surface area (Å²) in [5, 5.41) is 16.6. The van der Waals surface area contributed by atoms with Crippen LogP contribution in [0.4, 0.5) is 14.5 Å². The van der Waals surface area contributed by atoms with Crippen LogP contribution >= 0.6 is 11.3 Å². The molecule has 1 saturated carbocycles. The van der Waals surface area contributed by atoms with Gasteiger partial charge >= 0.3 is 0 Å². The summed E-state index contributed by atoms with van der Waals surface area (Å²) in [6.45, 7) is 2.71. The number of imidazole rings is 1. The minimum absolute atomic E-state index is 0.0415. The van der Waals surface area contributed by atoms with Gasteiger partial charge in [-0.2, -0.15) is 9.98 Å². The number of aromatic nitrogens is 4. The Hall–Kier alpha value is -2.73. The Labute approximate surface area is 197 Å². The van der Waals surface area contributed by atoms with Gasteiger partial charge in [0.05, 0.1) is 31.2 Å². The molecule has 1 N–H and O–H groups in total. The van der Waals surface area contributed by atoms with Gasteiger partial charge in [-0.3, -0.25) is 4.40 Å². The lowest BCUT2D eigenvalue weighted by atomic mass is 9.85. The number of hydrogen-bond acceptors (Lipinski definition) is 9. The van der Waals surface area contributed by atoms with Gasteiger partial charge < -0.3 is 9.64 Å². The minimum Gasteiger partial charge on any atom is -0.380 e. The zero-order valence-corrected chi connectivity index (χ0v) is 19.4. The van der Waals surface area contributed by atoms with Crippen molar-refractivity contribution in [3.63, 3.8) is 0 Å². The zero-order chi connectivity index (χ0) is 23.7. The maximum absolute atomic E-state index is 13.3. The summed E-state index contributed by atoms with van der Waals surface area (Å²) in [4.78, 5) is 6.52. The molecular weight excluding hydrogens is 488 g/mol. The molecule has 6 rings (SSSR count). The van der Waals surface area contributed by atoms with Crippen molar-refractivity contribution in [3.8, 4) is 16.8 Å². The average molecular weight is 508 g/mol. The Bertz CT molecular complexity index is 1440. The van der Waals surface area contributed by atoms with E-state index in [-0.39, 0.29) is 15.3 Å². The Morgan fingerprint density at radius 1 is 1.26 bits per heavy atom. The molecule has 0 aromatic carbocycles. The second kappa shape index (κ2) is 7.38. The lowest BCUT2D eigenvalue weighted by Crippen LogP contribution is -2.44. The maximum atomic E-state index is 13.3. The molecule has 0 radical (unpaired) electrons. The van der Waals surface area contributed by atoms with Crippen LogP contribution in [-0.4, -0.2) is 59.8 Å². The summed E-state index contributed by atoms with van der Waals surface area (Å²) >= 11 is 0.730. The van der Waals surface area contributed by atoms with Crippen molar-refractivity contribution in [3.05, 3.63) is 23.5 Å². The first-order valence-corrected chi connectivity index (χ1v) is 12.9. The SMILES string of the molecule is N#CC1(NS(=O)(=O)c2cc(N3CCC4(COC4)C3)c3ncc(-c4nnc(C(F)F)s4)n3c2)CC1. The van der Waals surface area contributed by atoms with Crippen molar-refractivity contribution < 1.29 is 21.9 Å². The molecule has 14 heteroatoms. The fourth-order valence-corrected chi connectivity index (χ4v) is 6.55. The highest BCUT2D eigenvalue weighted by molar-refractivity contribution is 7.89. The van der Waals surface area contributed by atoms with E-state index in [1.54, 1.807) is 10.5 Å². The molecule has 3 aromatic rings. The smallest absolute Gasteiger partial charge is 0.291 e. The van der Waals surface area contributed by atoms with Crippen molar-refractivity contribution >= 4 is 32.7 Å². The van der Waals surface area contributed by atoms with Crippen LogP contribution in [0.3, 0.4) is 0 Å². The molecule has 0 bridgehead atoms. The molecule has 0 atom stereocenters. The standard InChI is InChI=1S/C20H19F2N7O3S2/c21-15(22)18-26-25-17(33-18)14-6-24-16-13(28-4-3-19(9-28)10-32-11-19)5-12(7-29(14)16)34(30,31)27-20(8-23)1-2-20/h5-7,15,27H,1-4,9-11H2. The molecule has 1 spiro atoms. The van der Waals surface area contributed by atoms with Gasteiger partial charge in [-0.15, -0.1) is 10.2 Å². The van der Waals surface area contributed by atoms with Crippen LogP contribution in [0.5, 0.6) is 0 Å². The van der Waals surface area contributed by atoms with Crippen molar-refractivity contribution in [2.24, 2.45) is 5.41 Å². The second-order valence-corrected chi connectivity index (χ2v) is 11.8. The number of pyridine rings is 1. The molecule has 3 aromatic heterocycles. The number of halogens is 2. The Balaban J connectivity index is 1.48. The third kappa shape index (κ3) is 3.46. The number of alkyl halides is 2. The second-order valence-electron chi connectivity index (χ2n) is 9.11. The normalized spacial score (nSPS) is 20.7. The lowest BCUT2D eigenvalue weighted by Gasteiger charge is -2.37. The fourth-order valence-electron chi connectivity index (χ4n) is 4.45. The summed E-state index contributed by atoms with van der Waals surface area (Å²) in [6, 6.07) is 3.60. The molecule has 10 nitrogen and oxygen atoms in total. The molecular formula is C20H19F2N7O3S2. The molecule has 1 aliphatic carbocycles. The number of hydrogen-bond donors (Lipinski definition) is 1. The van der Waals surface area contributed by atoms with E-state index >= 15 is 0 Å². The van der Waals surface area contributed by atoms with E-state index in [1.807, 2.05) is 6.07 Å². The molecule has 3 fully saturated rings. The first-order valence-electron chi connectivity index (χ1n) is 10.6. The third-order valence-electron chi connectivity index (χ3n) is 6.61. The Morgan fingerprint density at radius 2 is 2.06 bits per heavy atom. The average Bonchev–Trinajstić information content (AvgIpc) is 3.21.